The van der Waals surface area contributed by atoms with Crippen LogP contribution in [0.1, 0.15) is 16.8 Å². The second kappa shape index (κ2) is 6.16. The van der Waals surface area contributed by atoms with Crippen LogP contribution in [0.5, 0.6) is 0 Å². The first-order chi connectivity index (χ1) is 7.24. The van der Waals surface area contributed by atoms with Crippen LogP contribution in [0.4, 0.5) is 0 Å². The van der Waals surface area contributed by atoms with Gasteiger partial charge < -0.3 is 9.47 Å². The Bertz CT molecular complexity index is 297. The van der Waals surface area contributed by atoms with Crippen molar-refractivity contribution in [2.75, 3.05) is 13.7 Å². The van der Waals surface area contributed by atoms with E-state index in [9.17, 15) is 9.90 Å². The molecular weight excluding hydrogens is 196 g/mol. The molecule has 0 heterocycles. The summed E-state index contributed by atoms with van der Waals surface area (Å²) in [6.07, 6.45) is -1.20. The zero-order valence-electron chi connectivity index (χ0n) is 8.51. The molecule has 1 rings (SSSR count). The molecule has 0 bridgehead atoms. The van der Waals surface area contributed by atoms with Crippen LogP contribution in [0, 0.1) is 0 Å². The third-order valence-corrected chi connectivity index (χ3v) is 1.81. The molecular formula is C11H13O4. The minimum absolute atomic E-state index is 0.162. The lowest BCUT2D eigenvalue weighted by atomic mass is 10.2. The number of methoxy groups -OCH3 is 1. The van der Waals surface area contributed by atoms with E-state index in [1.807, 2.05) is 0 Å². The lowest BCUT2D eigenvalue weighted by Gasteiger charge is -2.09. The van der Waals surface area contributed by atoms with Crippen molar-refractivity contribution in [1.82, 2.24) is 0 Å². The Hall–Kier alpha value is -1.39. The van der Waals surface area contributed by atoms with Crippen LogP contribution in [0.15, 0.2) is 30.3 Å². The van der Waals surface area contributed by atoms with Crippen molar-refractivity contribution in [3.63, 3.8) is 0 Å². The number of esters is 1. The van der Waals surface area contributed by atoms with Crippen LogP contribution < -0.4 is 0 Å². The van der Waals surface area contributed by atoms with Crippen LogP contribution in [0.2, 0.25) is 0 Å². The summed E-state index contributed by atoms with van der Waals surface area (Å²) >= 11 is 0. The zero-order valence-corrected chi connectivity index (χ0v) is 8.51. The number of hydrogen-bond donors (Lipinski definition) is 0. The normalized spacial score (nSPS) is 12.1. The largest absolute Gasteiger partial charge is 0.429 e. The van der Waals surface area contributed by atoms with E-state index in [1.165, 1.54) is 7.11 Å². The first-order valence-corrected chi connectivity index (χ1v) is 4.65. The third kappa shape index (κ3) is 4.10. The molecule has 0 saturated carbocycles. The fraction of sp³-hybridized carbons (Fsp3) is 0.364. The van der Waals surface area contributed by atoms with Gasteiger partial charge in [0.2, 0.25) is 6.29 Å². The van der Waals surface area contributed by atoms with Gasteiger partial charge in [0.15, 0.2) is 0 Å². The van der Waals surface area contributed by atoms with Gasteiger partial charge in [0.05, 0.1) is 12.2 Å². The molecule has 0 N–H and O–H groups in total. The highest BCUT2D eigenvalue weighted by Crippen LogP contribution is 2.04. The Morgan fingerprint density at radius 1 is 1.33 bits per heavy atom. The minimum Gasteiger partial charge on any atom is -0.429 e. The van der Waals surface area contributed by atoms with E-state index < -0.39 is 12.3 Å². The molecule has 15 heavy (non-hydrogen) atoms. The van der Waals surface area contributed by atoms with Crippen molar-refractivity contribution in [2.45, 2.75) is 12.7 Å². The molecule has 4 heteroatoms. The molecule has 0 fully saturated rings. The molecule has 1 radical (unpaired) electrons. The summed E-state index contributed by atoms with van der Waals surface area (Å²) in [6.45, 7) is 0.288. The third-order valence-electron chi connectivity index (χ3n) is 1.81. The monoisotopic (exact) mass is 209 g/mol. The molecule has 0 aliphatic rings. The highest BCUT2D eigenvalue weighted by atomic mass is 16.6. The molecule has 0 aromatic heterocycles. The maximum absolute atomic E-state index is 11.4. The highest BCUT2D eigenvalue weighted by molar-refractivity contribution is 5.89. The SMILES string of the molecule is COCCC([O])OC(=O)c1ccccc1. The quantitative estimate of drug-likeness (QED) is 0.547. The van der Waals surface area contributed by atoms with Crippen molar-refractivity contribution in [3.8, 4) is 0 Å². The van der Waals surface area contributed by atoms with E-state index in [2.05, 4.69) is 4.74 Å². The van der Waals surface area contributed by atoms with Crippen LogP contribution in [0.3, 0.4) is 0 Å². The maximum Gasteiger partial charge on any atom is 0.340 e. The predicted octanol–water partition coefficient (Wildman–Crippen LogP) is 1.64. The molecule has 0 amide bonds. The number of benzene rings is 1. The smallest absolute Gasteiger partial charge is 0.340 e. The Morgan fingerprint density at radius 3 is 2.60 bits per heavy atom. The van der Waals surface area contributed by atoms with Gasteiger partial charge in [-0.25, -0.2) is 4.79 Å². The average Bonchev–Trinajstić information content (AvgIpc) is 2.27. The van der Waals surface area contributed by atoms with E-state index in [4.69, 9.17) is 4.74 Å². The Kier molecular flexibility index (Phi) is 4.80. The van der Waals surface area contributed by atoms with E-state index in [0.29, 0.717) is 5.56 Å². The molecule has 0 aliphatic heterocycles. The van der Waals surface area contributed by atoms with Crippen LogP contribution in [-0.4, -0.2) is 26.0 Å². The van der Waals surface area contributed by atoms with Gasteiger partial charge in [-0.1, -0.05) is 18.2 Å². The Balaban J connectivity index is 2.42. The highest BCUT2D eigenvalue weighted by Gasteiger charge is 2.13. The van der Waals surface area contributed by atoms with Crippen molar-refractivity contribution in [1.29, 1.82) is 0 Å². The van der Waals surface area contributed by atoms with E-state index in [0.717, 1.165) is 0 Å². The van der Waals surface area contributed by atoms with Crippen LogP contribution >= 0.6 is 0 Å². The minimum atomic E-state index is -1.36. The summed E-state index contributed by atoms with van der Waals surface area (Å²) < 4.78 is 9.37. The summed E-state index contributed by atoms with van der Waals surface area (Å²) in [5, 5.41) is 11.1. The molecule has 1 atom stereocenters. The maximum atomic E-state index is 11.4. The number of hydrogen-bond acceptors (Lipinski definition) is 3. The molecule has 0 aliphatic carbocycles. The van der Waals surface area contributed by atoms with Gasteiger partial charge >= 0.3 is 5.97 Å². The fourth-order valence-corrected chi connectivity index (χ4v) is 1.03. The molecule has 0 spiro atoms. The van der Waals surface area contributed by atoms with Crippen molar-refractivity contribution in [2.24, 2.45) is 0 Å². The van der Waals surface area contributed by atoms with Crippen molar-refractivity contribution in [3.05, 3.63) is 35.9 Å². The second-order valence-electron chi connectivity index (χ2n) is 2.98. The standard InChI is InChI=1S/C11H13O4/c1-14-8-7-10(12)15-11(13)9-5-3-2-4-6-9/h2-6,10H,7-8H2,1H3. The summed E-state index contributed by atoms with van der Waals surface area (Å²) in [5.41, 5.74) is 0.385. The van der Waals surface area contributed by atoms with E-state index >= 15 is 0 Å². The second-order valence-corrected chi connectivity index (χ2v) is 2.98. The molecule has 1 aromatic rings. The number of carbonyl (C=O) groups is 1. The van der Waals surface area contributed by atoms with E-state index in [1.54, 1.807) is 30.3 Å². The first-order valence-electron chi connectivity index (χ1n) is 4.65. The van der Waals surface area contributed by atoms with Crippen molar-refractivity contribution < 1.29 is 19.4 Å². The molecule has 1 aromatic carbocycles. The summed E-state index contributed by atoms with van der Waals surface area (Å²) in [5.74, 6) is -0.591. The zero-order chi connectivity index (χ0) is 11.1. The number of ether oxygens (including phenoxy) is 2. The van der Waals surface area contributed by atoms with Gasteiger partial charge in [-0.15, -0.1) is 0 Å². The van der Waals surface area contributed by atoms with Crippen LogP contribution in [-0.2, 0) is 14.6 Å². The average molecular weight is 209 g/mol. The summed E-state index contributed by atoms with van der Waals surface area (Å²) in [6, 6.07) is 8.42. The van der Waals surface area contributed by atoms with E-state index in [-0.39, 0.29) is 13.0 Å². The summed E-state index contributed by atoms with van der Waals surface area (Å²) in [4.78, 5) is 11.4. The van der Waals surface area contributed by atoms with Gasteiger partial charge in [-0.3, -0.25) is 0 Å². The Labute approximate surface area is 88.4 Å². The molecule has 4 nitrogen and oxygen atoms in total. The lowest BCUT2D eigenvalue weighted by Crippen LogP contribution is -2.18. The van der Waals surface area contributed by atoms with Gasteiger partial charge in [-0.05, 0) is 12.1 Å². The number of rotatable bonds is 5. The topological polar surface area (TPSA) is 55.4 Å². The first kappa shape index (κ1) is 11.7. The van der Waals surface area contributed by atoms with Gasteiger partial charge in [-0.2, -0.15) is 5.11 Å². The predicted molar refractivity (Wildman–Crippen MR) is 52.8 cm³/mol. The lowest BCUT2D eigenvalue weighted by molar-refractivity contribution is -0.115. The number of carbonyl (C=O) groups excluding carboxylic acids is 1. The summed E-state index contributed by atoms with van der Waals surface area (Å²) in [7, 11) is 1.49. The Morgan fingerprint density at radius 2 is 2.00 bits per heavy atom. The molecule has 1 unspecified atom stereocenters. The van der Waals surface area contributed by atoms with Crippen molar-refractivity contribution >= 4 is 5.97 Å². The van der Waals surface area contributed by atoms with Gasteiger partial charge in [0.1, 0.15) is 0 Å². The van der Waals surface area contributed by atoms with Gasteiger partial charge in [0.25, 0.3) is 0 Å². The molecule has 0 saturated heterocycles. The molecule has 81 valence electrons. The van der Waals surface area contributed by atoms with Gasteiger partial charge in [0, 0.05) is 13.5 Å². The fourth-order valence-electron chi connectivity index (χ4n) is 1.03. The van der Waals surface area contributed by atoms with Crippen LogP contribution in [0.25, 0.3) is 0 Å².